The van der Waals surface area contributed by atoms with Gasteiger partial charge < -0.3 is 10.0 Å². The summed E-state index contributed by atoms with van der Waals surface area (Å²) >= 11 is 0. The second-order valence-corrected chi connectivity index (χ2v) is 3.63. The van der Waals surface area contributed by atoms with Gasteiger partial charge in [0, 0.05) is 12.1 Å². The van der Waals surface area contributed by atoms with Crippen molar-refractivity contribution in [2.75, 3.05) is 14.1 Å². The second-order valence-electron chi connectivity index (χ2n) is 3.63. The van der Waals surface area contributed by atoms with Crippen LogP contribution in [0.15, 0.2) is 12.1 Å². The molecule has 3 N–H and O–H groups in total. The predicted octanol–water partition coefficient (Wildman–Crippen LogP) is 0.983. The molecule has 0 aliphatic heterocycles. The number of benzene rings is 1. The minimum absolute atomic E-state index is 0.00990. The first-order valence-corrected chi connectivity index (χ1v) is 4.51. The quantitative estimate of drug-likeness (QED) is 0.734. The molecule has 0 saturated heterocycles. The number of rotatable bonds is 4. The normalized spacial score (nSPS) is 11.0. The van der Waals surface area contributed by atoms with Gasteiger partial charge in [0.2, 0.25) is 0 Å². The Balaban J connectivity index is 3.00. The van der Waals surface area contributed by atoms with Crippen LogP contribution in [0.5, 0.6) is 5.75 Å². The maximum atomic E-state index is 13.2. The van der Waals surface area contributed by atoms with Crippen LogP contribution in [0, 0.1) is 5.82 Å². The molecule has 4 nitrogen and oxygen atoms in total. The van der Waals surface area contributed by atoms with Crippen molar-refractivity contribution in [3.63, 3.8) is 0 Å². The predicted molar refractivity (Wildman–Crippen MR) is 54.4 cm³/mol. The molecule has 84 valence electrons. The van der Waals surface area contributed by atoms with Crippen LogP contribution in [-0.2, 0) is 18.0 Å². The van der Waals surface area contributed by atoms with Gasteiger partial charge in [0.25, 0.3) is 0 Å². The zero-order chi connectivity index (χ0) is 11.4. The van der Waals surface area contributed by atoms with E-state index in [2.05, 4.69) is 4.84 Å². The Labute approximate surface area is 88.0 Å². The van der Waals surface area contributed by atoms with Crippen molar-refractivity contribution < 1.29 is 14.3 Å². The fraction of sp³-hybridized carbons (Fsp3) is 0.400. The van der Waals surface area contributed by atoms with Gasteiger partial charge in [-0.2, -0.15) is 0 Å². The number of nitrogens with zero attached hydrogens (tertiary/aromatic N) is 1. The summed E-state index contributed by atoms with van der Waals surface area (Å²) in [5.74, 6) is 3.84. The van der Waals surface area contributed by atoms with E-state index in [1.807, 2.05) is 19.0 Å². The van der Waals surface area contributed by atoms with Crippen LogP contribution in [0.1, 0.15) is 11.1 Å². The Kier molecular flexibility index (Phi) is 4.02. The zero-order valence-electron chi connectivity index (χ0n) is 8.83. The topological polar surface area (TPSA) is 58.7 Å². The highest BCUT2D eigenvalue weighted by atomic mass is 19.1. The standard InChI is InChI=1S/C10H15FN2O2/c1-13(2)5-7-3-8(6-15-12)10(14)9(11)4-7/h3-4,14H,5-6,12H2,1-2H3. The van der Waals surface area contributed by atoms with Crippen LogP contribution in [0.4, 0.5) is 4.39 Å². The lowest BCUT2D eigenvalue weighted by Crippen LogP contribution is -2.11. The number of halogens is 1. The van der Waals surface area contributed by atoms with Crippen molar-refractivity contribution in [3.05, 3.63) is 29.1 Å². The van der Waals surface area contributed by atoms with Crippen molar-refractivity contribution >= 4 is 0 Å². The minimum Gasteiger partial charge on any atom is -0.505 e. The third kappa shape index (κ3) is 3.16. The average molecular weight is 214 g/mol. The molecule has 5 heteroatoms. The molecule has 1 rings (SSSR count). The Morgan fingerprint density at radius 3 is 2.67 bits per heavy atom. The molecule has 0 heterocycles. The van der Waals surface area contributed by atoms with E-state index in [9.17, 15) is 9.50 Å². The highest BCUT2D eigenvalue weighted by Crippen LogP contribution is 2.24. The smallest absolute Gasteiger partial charge is 0.165 e. The Bertz CT molecular complexity index is 342. The Morgan fingerprint density at radius 1 is 1.47 bits per heavy atom. The molecular weight excluding hydrogens is 199 g/mol. The van der Waals surface area contributed by atoms with Crippen molar-refractivity contribution in [2.24, 2.45) is 5.90 Å². The van der Waals surface area contributed by atoms with Crippen molar-refractivity contribution in [1.29, 1.82) is 0 Å². The van der Waals surface area contributed by atoms with Crippen LogP contribution in [-0.4, -0.2) is 24.1 Å². The summed E-state index contributed by atoms with van der Waals surface area (Å²) < 4.78 is 13.2. The van der Waals surface area contributed by atoms with E-state index in [4.69, 9.17) is 5.90 Å². The summed E-state index contributed by atoms with van der Waals surface area (Å²) in [6, 6.07) is 2.97. The lowest BCUT2D eigenvalue weighted by atomic mass is 10.1. The maximum Gasteiger partial charge on any atom is 0.165 e. The molecule has 15 heavy (non-hydrogen) atoms. The van der Waals surface area contributed by atoms with Crippen LogP contribution in [0.2, 0.25) is 0 Å². The number of hydrogen-bond donors (Lipinski definition) is 2. The lowest BCUT2D eigenvalue weighted by molar-refractivity contribution is 0.121. The molecule has 0 radical (unpaired) electrons. The summed E-state index contributed by atoms with van der Waals surface area (Å²) in [6.07, 6.45) is 0. The lowest BCUT2D eigenvalue weighted by Gasteiger charge is -2.12. The van der Waals surface area contributed by atoms with Gasteiger partial charge in [-0.3, -0.25) is 4.84 Å². The molecule has 0 fully saturated rings. The van der Waals surface area contributed by atoms with E-state index in [1.54, 1.807) is 6.07 Å². The zero-order valence-corrected chi connectivity index (χ0v) is 8.83. The van der Waals surface area contributed by atoms with E-state index in [0.717, 1.165) is 5.56 Å². The first kappa shape index (κ1) is 11.9. The molecule has 0 spiro atoms. The molecular formula is C10H15FN2O2. The molecule has 0 aromatic heterocycles. The van der Waals surface area contributed by atoms with E-state index < -0.39 is 11.6 Å². The van der Waals surface area contributed by atoms with Gasteiger partial charge in [-0.1, -0.05) is 0 Å². The van der Waals surface area contributed by atoms with Crippen molar-refractivity contribution in [1.82, 2.24) is 4.90 Å². The summed E-state index contributed by atoms with van der Waals surface area (Å²) in [4.78, 5) is 6.29. The van der Waals surface area contributed by atoms with E-state index in [0.29, 0.717) is 12.1 Å². The number of phenols is 1. The van der Waals surface area contributed by atoms with Crippen LogP contribution < -0.4 is 5.90 Å². The molecule has 0 amide bonds. The Morgan fingerprint density at radius 2 is 2.13 bits per heavy atom. The van der Waals surface area contributed by atoms with Gasteiger partial charge in [-0.15, -0.1) is 0 Å². The molecule has 0 aliphatic rings. The van der Waals surface area contributed by atoms with Gasteiger partial charge in [0.1, 0.15) is 0 Å². The summed E-state index contributed by atoms with van der Waals surface area (Å²) in [7, 11) is 3.76. The third-order valence-corrected chi connectivity index (χ3v) is 1.94. The molecule has 0 aliphatic carbocycles. The van der Waals surface area contributed by atoms with Gasteiger partial charge >= 0.3 is 0 Å². The molecule has 0 bridgehead atoms. The summed E-state index contributed by atoms with van der Waals surface area (Å²) in [6.45, 7) is 0.582. The maximum absolute atomic E-state index is 13.2. The molecule has 0 unspecified atom stereocenters. The van der Waals surface area contributed by atoms with Gasteiger partial charge in [0.15, 0.2) is 11.6 Å². The highest BCUT2D eigenvalue weighted by Gasteiger charge is 2.10. The van der Waals surface area contributed by atoms with Crippen LogP contribution in [0.25, 0.3) is 0 Å². The second kappa shape index (κ2) is 5.06. The SMILES string of the molecule is CN(C)Cc1cc(F)c(O)c(CON)c1. The van der Waals surface area contributed by atoms with E-state index in [1.165, 1.54) is 6.07 Å². The fourth-order valence-corrected chi connectivity index (χ4v) is 1.37. The number of aromatic hydroxyl groups is 1. The first-order valence-electron chi connectivity index (χ1n) is 4.51. The van der Waals surface area contributed by atoms with Crippen molar-refractivity contribution in [3.8, 4) is 5.75 Å². The Hall–Kier alpha value is -1.17. The van der Waals surface area contributed by atoms with Crippen LogP contribution >= 0.6 is 0 Å². The van der Waals surface area contributed by atoms with E-state index in [-0.39, 0.29) is 6.61 Å². The molecule has 0 atom stereocenters. The number of phenolic OH excluding ortho intramolecular Hbond substituents is 1. The van der Waals surface area contributed by atoms with Crippen LogP contribution in [0.3, 0.4) is 0 Å². The van der Waals surface area contributed by atoms with E-state index >= 15 is 0 Å². The van der Waals surface area contributed by atoms with Crippen molar-refractivity contribution in [2.45, 2.75) is 13.2 Å². The molecule has 1 aromatic carbocycles. The van der Waals surface area contributed by atoms with Gasteiger partial charge in [-0.25, -0.2) is 10.3 Å². The summed E-state index contributed by atoms with van der Waals surface area (Å²) in [5.41, 5.74) is 1.12. The minimum atomic E-state index is -0.651. The molecule has 1 aromatic rings. The largest absolute Gasteiger partial charge is 0.505 e. The average Bonchev–Trinajstić information content (AvgIpc) is 2.12. The molecule has 0 saturated carbocycles. The fourth-order valence-electron chi connectivity index (χ4n) is 1.37. The number of hydrogen-bond acceptors (Lipinski definition) is 4. The monoisotopic (exact) mass is 214 g/mol. The summed E-state index contributed by atoms with van der Waals surface area (Å²) in [5, 5.41) is 9.36. The van der Waals surface area contributed by atoms with Gasteiger partial charge in [-0.05, 0) is 31.8 Å². The number of nitrogens with two attached hydrogens (primary N) is 1. The van der Waals surface area contributed by atoms with Gasteiger partial charge in [0.05, 0.1) is 6.61 Å². The third-order valence-electron chi connectivity index (χ3n) is 1.94. The highest BCUT2D eigenvalue weighted by molar-refractivity contribution is 5.37. The first-order chi connectivity index (χ1) is 7.04.